The van der Waals surface area contributed by atoms with Crippen LogP contribution < -0.4 is 5.73 Å². The summed E-state index contributed by atoms with van der Waals surface area (Å²) < 4.78 is 22.4. The minimum atomic E-state index is -0.528. The normalized spacial score (nSPS) is 14.4. The predicted octanol–water partition coefficient (Wildman–Crippen LogP) is 6.24. The van der Waals surface area contributed by atoms with E-state index in [2.05, 4.69) is 16.2 Å². The van der Waals surface area contributed by atoms with Crippen LogP contribution in [0.4, 0.5) is 15.0 Å². The van der Waals surface area contributed by atoms with Gasteiger partial charge in [-0.2, -0.15) is 10.4 Å². The molecule has 0 atom stereocenters. The van der Waals surface area contributed by atoms with E-state index in [0.717, 1.165) is 34.9 Å². The van der Waals surface area contributed by atoms with E-state index in [1.54, 1.807) is 29.4 Å². The number of amides is 1. The number of likely N-dealkylation sites (tertiary alicyclic amines) is 1. The first-order valence-electron chi connectivity index (χ1n) is 13.0. The first-order chi connectivity index (χ1) is 18.6. The molecule has 9 heteroatoms. The van der Waals surface area contributed by atoms with Crippen LogP contribution in [0.1, 0.15) is 50.8 Å². The zero-order valence-corrected chi connectivity index (χ0v) is 22.5. The number of ether oxygens (including phenoxy) is 1. The number of benzene rings is 2. The van der Waals surface area contributed by atoms with Crippen LogP contribution in [0, 0.1) is 24.1 Å². The SMILES string of the molecule is Cc1cccc(F)c1-c1cc2c(-c3cnn(C4CCN(C(=O)OC(C)(C)C)CC4)c3)cnc(N)c2cc1C#N. The standard InChI is InChI=1S/C30H31FN6O2/c1-18-6-5-7-26(31)27(18)22-13-23-24(12-19(22)14-32)28(33)34-16-25(23)20-15-35-37(17-20)21-8-10-36(11-9-21)29(38)39-30(2,3)4/h5-7,12-13,15-17,21H,8-11H2,1-4H3,(H2,33,34). The Hall–Kier alpha value is -4.45. The highest BCUT2D eigenvalue weighted by atomic mass is 19.1. The van der Waals surface area contributed by atoms with E-state index in [4.69, 9.17) is 10.5 Å². The van der Waals surface area contributed by atoms with Crippen molar-refractivity contribution in [3.8, 4) is 28.3 Å². The van der Waals surface area contributed by atoms with Crippen molar-refractivity contribution in [1.82, 2.24) is 19.7 Å². The van der Waals surface area contributed by atoms with Gasteiger partial charge in [-0.05, 0) is 69.7 Å². The summed E-state index contributed by atoms with van der Waals surface area (Å²) in [6, 6.07) is 10.7. The summed E-state index contributed by atoms with van der Waals surface area (Å²) in [4.78, 5) is 18.6. The number of pyridine rings is 1. The molecule has 1 amide bonds. The number of nitrogen functional groups attached to an aromatic ring is 1. The molecule has 4 aromatic rings. The summed E-state index contributed by atoms with van der Waals surface area (Å²) in [7, 11) is 0. The maximum absolute atomic E-state index is 14.9. The molecule has 3 heterocycles. The number of aryl methyl sites for hydroxylation is 1. The first-order valence-corrected chi connectivity index (χ1v) is 13.0. The Balaban J connectivity index is 1.48. The Morgan fingerprint density at radius 2 is 1.90 bits per heavy atom. The van der Waals surface area contributed by atoms with Gasteiger partial charge in [-0.15, -0.1) is 0 Å². The molecule has 0 radical (unpaired) electrons. The molecular weight excluding hydrogens is 495 g/mol. The number of carbonyl (C=O) groups is 1. The zero-order valence-electron chi connectivity index (χ0n) is 22.5. The number of fused-ring (bicyclic) bond motifs is 1. The highest BCUT2D eigenvalue weighted by Crippen LogP contribution is 2.38. The van der Waals surface area contributed by atoms with Crippen molar-refractivity contribution in [3.05, 3.63) is 65.9 Å². The van der Waals surface area contributed by atoms with E-state index in [1.807, 2.05) is 50.7 Å². The van der Waals surface area contributed by atoms with Gasteiger partial charge in [0.15, 0.2) is 0 Å². The van der Waals surface area contributed by atoms with Crippen LogP contribution >= 0.6 is 0 Å². The fourth-order valence-electron chi connectivity index (χ4n) is 5.13. The minimum absolute atomic E-state index is 0.132. The summed E-state index contributed by atoms with van der Waals surface area (Å²) in [5, 5.41) is 15.9. The number of hydrogen-bond donors (Lipinski definition) is 1. The van der Waals surface area contributed by atoms with Gasteiger partial charge >= 0.3 is 6.09 Å². The molecule has 1 aliphatic rings. The average Bonchev–Trinajstić information content (AvgIpc) is 3.38. The molecule has 2 N–H and O–H groups in total. The quantitative estimate of drug-likeness (QED) is 0.338. The van der Waals surface area contributed by atoms with Gasteiger partial charge in [-0.25, -0.2) is 14.2 Å². The van der Waals surface area contributed by atoms with Crippen molar-refractivity contribution >= 4 is 22.7 Å². The van der Waals surface area contributed by atoms with Gasteiger partial charge < -0.3 is 15.4 Å². The Bertz CT molecular complexity index is 1590. The van der Waals surface area contributed by atoms with Gasteiger partial charge in [-0.3, -0.25) is 4.68 Å². The van der Waals surface area contributed by atoms with Crippen molar-refractivity contribution in [3.63, 3.8) is 0 Å². The molecule has 0 aliphatic carbocycles. The largest absolute Gasteiger partial charge is 0.444 e. The van der Waals surface area contributed by atoms with Crippen LogP contribution in [0.15, 0.2) is 48.9 Å². The minimum Gasteiger partial charge on any atom is -0.444 e. The Morgan fingerprint density at radius 1 is 1.15 bits per heavy atom. The zero-order chi connectivity index (χ0) is 27.9. The predicted molar refractivity (Wildman–Crippen MR) is 148 cm³/mol. The van der Waals surface area contributed by atoms with E-state index in [0.29, 0.717) is 41.0 Å². The lowest BCUT2D eigenvalue weighted by Gasteiger charge is -2.33. The summed E-state index contributed by atoms with van der Waals surface area (Å²) in [5.41, 5.74) is 9.28. The van der Waals surface area contributed by atoms with Crippen molar-refractivity contribution in [2.75, 3.05) is 18.8 Å². The molecule has 1 saturated heterocycles. The molecule has 1 fully saturated rings. The second-order valence-corrected chi connectivity index (χ2v) is 11.0. The number of hydrogen-bond acceptors (Lipinski definition) is 6. The van der Waals surface area contributed by atoms with Crippen molar-refractivity contribution in [2.24, 2.45) is 0 Å². The summed E-state index contributed by atoms with van der Waals surface area (Å²) in [6.45, 7) is 8.58. The lowest BCUT2D eigenvalue weighted by Crippen LogP contribution is -2.42. The topological polar surface area (TPSA) is 110 Å². The van der Waals surface area contributed by atoms with Crippen molar-refractivity contribution < 1.29 is 13.9 Å². The first kappa shape index (κ1) is 26.2. The van der Waals surface area contributed by atoms with E-state index in [9.17, 15) is 14.4 Å². The Morgan fingerprint density at radius 3 is 2.56 bits per heavy atom. The smallest absolute Gasteiger partial charge is 0.410 e. The van der Waals surface area contributed by atoms with Gasteiger partial charge in [0, 0.05) is 53.1 Å². The number of carbonyl (C=O) groups excluding carboxylic acids is 1. The highest BCUT2D eigenvalue weighted by molar-refractivity contribution is 6.04. The second-order valence-electron chi connectivity index (χ2n) is 11.0. The summed E-state index contributed by atoms with van der Waals surface area (Å²) >= 11 is 0. The second kappa shape index (κ2) is 10.0. The van der Waals surface area contributed by atoms with E-state index in [1.165, 1.54) is 6.07 Å². The molecule has 0 unspecified atom stereocenters. The maximum Gasteiger partial charge on any atom is 0.410 e. The number of nitrogens with zero attached hydrogens (tertiary/aromatic N) is 5. The molecule has 200 valence electrons. The van der Waals surface area contributed by atoms with Crippen molar-refractivity contribution in [2.45, 2.75) is 52.2 Å². The van der Waals surface area contributed by atoms with E-state index < -0.39 is 5.60 Å². The molecule has 0 saturated carbocycles. The molecular formula is C30H31FN6O2. The van der Waals surface area contributed by atoms with Gasteiger partial charge in [0.2, 0.25) is 0 Å². The number of piperidine rings is 1. The number of rotatable bonds is 3. The third-order valence-electron chi connectivity index (χ3n) is 7.07. The molecule has 5 rings (SSSR count). The number of nitriles is 1. The molecule has 0 bridgehead atoms. The average molecular weight is 527 g/mol. The molecule has 8 nitrogen and oxygen atoms in total. The molecule has 2 aromatic carbocycles. The molecule has 1 aliphatic heterocycles. The maximum atomic E-state index is 14.9. The van der Waals surface area contributed by atoms with Crippen LogP contribution in [0.5, 0.6) is 0 Å². The Kier molecular flexibility index (Phi) is 6.73. The Labute approximate surface area is 226 Å². The summed E-state index contributed by atoms with van der Waals surface area (Å²) in [6.07, 6.45) is 6.64. The van der Waals surface area contributed by atoms with Gasteiger partial charge in [-0.1, -0.05) is 12.1 Å². The number of aromatic nitrogens is 3. The molecule has 39 heavy (non-hydrogen) atoms. The third kappa shape index (κ3) is 5.15. The number of nitrogens with two attached hydrogens (primary N) is 1. The van der Waals surface area contributed by atoms with Gasteiger partial charge in [0.25, 0.3) is 0 Å². The van der Waals surface area contributed by atoms with Crippen LogP contribution in [0.2, 0.25) is 0 Å². The van der Waals surface area contributed by atoms with Gasteiger partial charge in [0.1, 0.15) is 17.2 Å². The van der Waals surface area contributed by atoms with E-state index >= 15 is 0 Å². The third-order valence-corrected chi connectivity index (χ3v) is 7.07. The monoisotopic (exact) mass is 526 g/mol. The number of halogens is 1. The lowest BCUT2D eigenvalue weighted by atomic mass is 9.91. The van der Waals surface area contributed by atoms with Gasteiger partial charge in [0.05, 0.1) is 23.9 Å². The number of anilines is 1. The molecule has 0 spiro atoms. The lowest BCUT2D eigenvalue weighted by molar-refractivity contribution is 0.0185. The summed E-state index contributed by atoms with van der Waals surface area (Å²) in [5.74, 6) is -0.0936. The fourth-order valence-corrected chi connectivity index (χ4v) is 5.13. The fraction of sp³-hybridized carbons (Fsp3) is 0.333. The highest BCUT2D eigenvalue weighted by Gasteiger charge is 2.28. The van der Waals surface area contributed by atoms with Crippen LogP contribution in [0.25, 0.3) is 33.0 Å². The van der Waals surface area contributed by atoms with Crippen LogP contribution in [-0.4, -0.2) is 44.4 Å². The van der Waals surface area contributed by atoms with E-state index in [-0.39, 0.29) is 18.0 Å². The molecule has 2 aromatic heterocycles. The van der Waals surface area contributed by atoms with Crippen molar-refractivity contribution in [1.29, 1.82) is 5.26 Å². The van der Waals surface area contributed by atoms with Crippen LogP contribution in [0.3, 0.4) is 0 Å². The van der Waals surface area contributed by atoms with Crippen LogP contribution in [-0.2, 0) is 4.74 Å².